The molecular weight excluding hydrogens is 426 g/mol. The monoisotopic (exact) mass is 443 g/mol. The van der Waals surface area contributed by atoms with Crippen molar-refractivity contribution in [2.45, 2.75) is 19.4 Å². The molecule has 4 aromatic heterocycles. The second-order valence-electron chi connectivity index (χ2n) is 7.11. The normalized spacial score (nSPS) is 18.1. The van der Waals surface area contributed by atoms with Crippen LogP contribution in [0.1, 0.15) is 28.5 Å². The van der Waals surface area contributed by atoms with Crippen LogP contribution in [0, 0.1) is 6.92 Å². The van der Waals surface area contributed by atoms with E-state index in [1.54, 1.807) is 41.4 Å². The Morgan fingerprint density at radius 1 is 1.40 bits per heavy atom. The van der Waals surface area contributed by atoms with Crippen molar-refractivity contribution in [2.24, 2.45) is 0 Å². The molecule has 0 unspecified atom stereocenters. The molecule has 5 heterocycles. The highest BCUT2D eigenvalue weighted by Crippen LogP contribution is 2.32. The van der Waals surface area contributed by atoms with Crippen LogP contribution < -0.4 is 5.32 Å². The van der Waals surface area contributed by atoms with Gasteiger partial charge in [-0.1, -0.05) is 0 Å². The Morgan fingerprint density at radius 3 is 2.93 bits per heavy atom. The molecule has 154 valence electrons. The van der Waals surface area contributed by atoms with E-state index in [0.29, 0.717) is 45.3 Å². The van der Waals surface area contributed by atoms with E-state index in [9.17, 15) is 13.2 Å². The first kappa shape index (κ1) is 18.9. The van der Waals surface area contributed by atoms with Crippen LogP contribution in [0.3, 0.4) is 0 Å². The highest BCUT2D eigenvalue weighted by atomic mass is 32.2. The molecule has 1 atom stereocenters. The Bertz CT molecular complexity index is 1340. The first-order chi connectivity index (χ1) is 14.4. The molecule has 4 aromatic rings. The summed E-state index contributed by atoms with van der Waals surface area (Å²) >= 11 is 1.32. The minimum absolute atomic E-state index is 0.0104. The lowest BCUT2D eigenvalue weighted by molar-refractivity contribution is 0.102. The minimum Gasteiger partial charge on any atom is -0.463 e. The molecule has 5 rings (SSSR count). The Balaban J connectivity index is 1.69. The van der Waals surface area contributed by atoms with Gasteiger partial charge in [-0.05, 0) is 31.5 Å². The van der Waals surface area contributed by atoms with E-state index in [1.165, 1.54) is 17.6 Å². The van der Waals surface area contributed by atoms with E-state index in [-0.39, 0.29) is 23.5 Å². The molecule has 0 saturated carbocycles. The second kappa shape index (κ2) is 7.03. The zero-order valence-corrected chi connectivity index (χ0v) is 17.5. The summed E-state index contributed by atoms with van der Waals surface area (Å²) < 4.78 is 31.2. The number of rotatable bonds is 4. The summed E-state index contributed by atoms with van der Waals surface area (Å²) in [5.41, 5.74) is 1.93. The summed E-state index contributed by atoms with van der Waals surface area (Å²) in [5, 5.41) is 10.2. The number of amides is 1. The van der Waals surface area contributed by atoms with Crippen molar-refractivity contribution in [3.05, 3.63) is 47.3 Å². The standard InChI is InChI=1S/C19H17N5O4S2/c1-11-16-13(18(25)22-19-20-5-7-29-19)9-14(15-3-2-6-28-15)21-17(16)24(23-11)12-4-8-30(26,27)10-12/h2-3,5-7,9,12H,4,8,10H2,1H3,(H,20,22,25)/t12-/m1/s1. The van der Waals surface area contributed by atoms with Gasteiger partial charge >= 0.3 is 0 Å². The molecule has 0 bridgehead atoms. The number of aryl methyl sites for hydroxylation is 1. The highest BCUT2D eigenvalue weighted by molar-refractivity contribution is 7.91. The van der Waals surface area contributed by atoms with Gasteiger partial charge in [0.1, 0.15) is 5.69 Å². The molecule has 1 aliphatic rings. The van der Waals surface area contributed by atoms with Gasteiger partial charge in [0.25, 0.3) is 5.91 Å². The number of anilines is 1. The maximum Gasteiger partial charge on any atom is 0.258 e. The number of fused-ring (bicyclic) bond motifs is 1. The van der Waals surface area contributed by atoms with Crippen LogP contribution in [0.2, 0.25) is 0 Å². The van der Waals surface area contributed by atoms with Gasteiger partial charge in [0.05, 0.1) is 40.5 Å². The van der Waals surface area contributed by atoms with Gasteiger partial charge < -0.3 is 4.42 Å². The van der Waals surface area contributed by atoms with E-state index in [2.05, 4.69) is 20.4 Å². The average molecular weight is 444 g/mol. The zero-order valence-electron chi connectivity index (χ0n) is 15.9. The largest absolute Gasteiger partial charge is 0.463 e. The van der Waals surface area contributed by atoms with Crippen molar-refractivity contribution in [3.63, 3.8) is 0 Å². The number of carbonyl (C=O) groups is 1. The quantitative estimate of drug-likeness (QED) is 0.515. The fourth-order valence-corrected chi connectivity index (χ4v) is 5.93. The van der Waals surface area contributed by atoms with Gasteiger partial charge in [-0.3, -0.25) is 10.1 Å². The lowest BCUT2D eigenvalue weighted by Crippen LogP contribution is -2.15. The van der Waals surface area contributed by atoms with Crippen LogP contribution in [0.15, 0.2) is 40.5 Å². The summed E-state index contributed by atoms with van der Waals surface area (Å²) in [7, 11) is -3.11. The molecule has 30 heavy (non-hydrogen) atoms. The molecule has 1 N–H and O–H groups in total. The van der Waals surface area contributed by atoms with E-state index >= 15 is 0 Å². The zero-order chi connectivity index (χ0) is 20.9. The van der Waals surface area contributed by atoms with Crippen molar-refractivity contribution in [1.82, 2.24) is 19.7 Å². The summed E-state index contributed by atoms with van der Waals surface area (Å²) in [5.74, 6) is 0.292. The predicted molar refractivity (Wildman–Crippen MR) is 112 cm³/mol. The molecule has 1 fully saturated rings. The third-order valence-electron chi connectivity index (χ3n) is 5.06. The number of furan rings is 1. The molecule has 9 nitrogen and oxygen atoms in total. The summed E-state index contributed by atoms with van der Waals surface area (Å²) in [6, 6.07) is 4.84. The van der Waals surface area contributed by atoms with Gasteiger partial charge in [-0.15, -0.1) is 11.3 Å². The van der Waals surface area contributed by atoms with Crippen molar-refractivity contribution >= 4 is 43.2 Å². The van der Waals surface area contributed by atoms with E-state index in [0.717, 1.165) is 0 Å². The van der Waals surface area contributed by atoms with Crippen LogP contribution in [-0.2, 0) is 9.84 Å². The fraction of sp³-hybridized carbons (Fsp3) is 0.263. The second-order valence-corrected chi connectivity index (χ2v) is 10.2. The van der Waals surface area contributed by atoms with Crippen molar-refractivity contribution in [2.75, 3.05) is 16.8 Å². The molecule has 1 amide bonds. The van der Waals surface area contributed by atoms with Crippen LogP contribution in [-0.4, -0.2) is 45.6 Å². The third-order valence-corrected chi connectivity index (χ3v) is 7.50. The van der Waals surface area contributed by atoms with Crippen molar-refractivity contribution < 1.29 is 17.6 Å². The lowest BCUT2D eigenvalue weighted by atomic mass is 10.1. The average Bonchev–Trinajstić information content (AvgIpc) is 3.49. The topological polar surface area (TPSA) is 120 Å². The maximum absolute atomic E-state index is 13.1. The first-order valence-corrected chi connectivity index (χ1v) is 12.0. The number of pyridine rings is 1. The maximum atomic E-state index is 13.1. The summed E-state index contributed by atoms with van der Waals surface area (Å²) in [4.78, 5) is 21.9. The molecule has 1 saturated heterocycles. The first-order valence-electron chi connectivity index (χ1n) is 9.26. The Hall–Kier alpha value is -3.05. The number of nitrogens with zero attached hydrogens (tertiary/aromatic N) is 4. The Labute approximate surface area is 175 Å². The Morgan fingerprint density at radius 2 is 2.27 bits per heavy atom. The predicted octanol–water partition coefficient (Wildman–Crippen LogP) is 3.07. The van der Waals surface area contributed by atoms with Crippen LogP contribution >= 0.6 is 11.3 Å². The van der Waals surface area contributed by atoms with Gasteiger partial charge in [0.15, 0.2) is 26.4 Å². The molecule has 1 aliphatic heterocycles. The van der Waals surface area contributed by atoms with Crippen LogP contribution in [0.4, 0.5) is 5.13 Å². The minimum atomic E-state index is -3.11. The molecular formula is C19H17N5O4S2. The van der Waals surface area contributed by atoms with Gasteiger partial charge in [-0.25, -0.2) is 23.1 Å². The molecule has 11 heteroatoms. The number of sulfone groups is 1. The molecule has 0 radical (unpaired) electrons. The molecule has 0 spiro atoms. The van der Waals surface area contributed by atoms with E-state index in [1.807, 2.05) is 0 Å². The van der Waals surface area contributed by atoms with E-state index < -0.39 is 9.84 Å². The number of carbonyl (C=O) groups excluding carboxylic acids is 1. The smallest absolute Gasteiger partial charge is 0.258 e. The number of hydrogen-bond acceptors (Lipinski definition) is 8. The molecule has 0 aromatic carbocycles. The van der Waals surface area contributed by atoms with Gasteiger partial charge in [0.2, 0.25) is 0 Å². The molecule has 0 aliphatic carbocycles. The van der Waals surface area contributed by atoms with Crippen LogP contribution in [0.25, 0.3) is 22.5 Å². The number of aromatic nitrogens is 4. The van der Waals surface area contributed by atoms with Gasteiger partial charge in [-0.2, -0.15) is 5.10 Å². The third kappa shape index (κ3) is 3.29. The number of hydrogen-bond donors (Lipinski definition) is 1. The van der Waals surface area contributed by atoms with Crippen molar-refractivity contribution in [3.8, 4) is 11.5 Å². The van der Waals surface area contributed by atoms with E-state index in [4.69, 9.17) is 4.42 Å². The van der Waals surface area contributed by atoms with Crippen molar-refractivity contribution in [1.29, 1.82) is 0 Å². The Kier molecular flexibility index (Phi) is 4.44. The van der Waals surface area contributed by atoms with Gasteiger partial charge in [0, 0.05) is 11.6 Å². The number of thiazole rings is 1. The summed E-state index contributed by atoms with van der Waals surface area (Å²) in [6.07, 6.45) is 3.61. The van der Waals surface area contributed by atoms with Crippen LogP contribution in [0.5, 0.6) is 0 Å². The highest BCUT2D eigenvalue weighted by Gasteiger charge is 2.32. The summed E-state index contributed by atoms with van der Waals surface area (Å²) in [6.45, 7) is 1.79. The fourth-order valence-electron chi connectivity index (χ4n) is 3.72. The SMILES string of the molecule is Cc1nn([C@@H]2CCS(=O)(=O)C2)c2nc(-c3ccco3)cc(C(=O)Nc3nccs3)c12. The number of nitrogens with one attached hydrogen (secondary N) is 1. The lowest BCUT2D eigenvalue weighted by Gasteiger charge is -2.11.